The van der Waals surface area contributed by atoms with Crippen LogP contribution in [0.25, 0.3) is 0 Å². The SMILES string of the molecule is Cc1cc(C)c(C2(C(=O)O)CC(N)C2)cc1C. The summed E-state index contributed by atoms with van der Waals surface area (Å²) in [5.41, 5.74) is 9.38. The van der Waals surface area contributed by atoms with Crippen molar-refractivity contribution in [2.75, 3.05) is 0 Å². The lowest BCUT2D eigenvalue weighted by atomic mass is 9.60. The van der Waals surface area contributed by atoms with Gasteiger partial charge in [-0.15, -0.1) is 0 Å². The fourth-order valence-electron chi connectivity index (χ4n) is 2.82. The van der Waals surface area contributed by atoms with Gasteiger partial charge < -0.3 is 10.8 Å². The second-order valence-electron chi connectivity index (χ2n) is 5.31. The molecule has 0 aromatic heterocycles. The van der Waals surface area contributed by atoms with E-state index in [-0.39, 0.29) is 6.04 Å². The van der Waals surface area contributed by atoms with Gasteiger partial charge in [0.25, 0.3) is 0 Å². The molecule has 3 heteroatoms. The van der Waals surface area contributed by atoms with Crippen molar-refractivity contribution in [2.24, 2.45) is 5.73 Å². The van der Waals surface area contributed by atoms with E-state index in [0.29, 0.717) is 12.8 Å². The normalized spacial score (nSPS) is 27.6. The van der Waals surface area contributed by atoms with Crippen molar-refractivity contribution in [2.45, 2.75) is 45.1 Å². The first-order valence-corrected chi connectivity index (χ1v) is 5.94. The minimum atomic E-state index is -0.748. The van der Waals surface area contributed by atoms with Crippen molar-refractivity contribution in [3.63, 3.8) is 0 Å². The molecule has 0 bridgehead atoms. The molecule has 0 amide bonds. The van der Waals surface area contributed by atoms with E-state index in [0.717, 1.165) is 16.7 Å². The minimum Gasteiger partial charge on any atom is -0.481 e. The summed E-state index contributed by atoms with van der Waals surface area (Å²) in [4.78, 5) is 11.5. The van der Waals surface area contributed by atoms with Crippen LogP contribution in [-0.2, 0) is 10.2 Å². The van der Waals surface area contributed by atoms with Crippen LogP contribution in [0.5, 0.6) is 0 Å². The van der Waals surface area contributed by atoms with Gasteiger partial charge in [0, 0.05) is 6.04 Å². The van der Waals surface area contributed by atoms with Gasteiger partial charge in [-0.2, -0.15) is 0 Å². The topological polar surface area (TPSA) is 63.3 Å². The highest BCUT2D eigenvalue weighted by Crippen LogP contribution is 2.45. The van der Waals surface area contributed by atoms with Crippen LogP contribution >= 0.6 is 0 Å². The van der Waals surface area contributed by atoms with Crippen molar-refractivity contribution in [1.82, 2.24) is 0 Å². The number of rotatable bonds is 2. The second-order valence-corrected chi connectivity index (χ2v) is 5.31. The number of aryl methyl sites for hydroxylation is 3. The highest BCUT2D eigenvalue weighted by molar-refractivity contribution is 5.83. The predicted octanol–water partition coefficient (Wildman–Crippen LogP) is 2.06. The first-order valence-electron chi connectivity index (χ1n) is 5.94. The highest BCUT2D eigenvalue weighted by Gasteiger charge is 2.51. The molecular weight excluding hydrogens is 214 g/mol. The fourth-order valence-corrected chi connectivity index (χ4v) is 2.82. The number of benzene rings is 1. The molecule has 3 N–H and O–H groups in total. The smallest absolute Gasteiger partial charge is 0.314 e. The van der Waals surface area contributed by atoms with Crippen LogP contribution in [0.15, 0.2) is 12.1 Å². The van der Waals surface area contributed by atoms with Crippen LogP contribution in [0.1, 0.15) is 35.1 Å². The Balaban J connectivity index is 2.52. The monoisotopic (exact) mass is 233 g/mol. The Morgan fingerprint density at radius 3 is 2.24 bits per heavy atom. The number of carboxylic acid groups (broad SMARTS) is 1. The Labute approximate surface area is 102 Å². The molecule has 1 saturated carbocycles. The molecule has 0 atom stereocenters. The average Bonchev–Trinajstić information content (AvgIpc) is 2.18. The van der Waals surface area contributed by atoms with E-state index >= 15 is 0 Å². The number of aliphatic carboxylic acids is 1. The standard InChI is InChI=1S/C14H19NO2/c1-8-4-10(3)12(5-9(8)2)14(13(16)17)6-11(15)7-14/h4-5,11H,6-7,15H2,1-3H3,(H,16,17). The number of hydrogen-bond donors (Lipinski definition) is 2. The molecule has 0 radical (unpaired) electrons. The summed E-state index contributed by atoms with van der Waals surface area (Å²) in [7, 11) is 0. The largest absolute Gasteiger partial charge is 0.481 e. The molecule has 1 aromatic carbocycles. The van der Waals surface area contributed by atoms with Crippen molar-refractivity contribution in [3.05, 3.63) is 34.4 Å². The predicted molar refractivity (Wildman–Crippen MR) is 67.2 cm³/mol. The molecule has 3 nitrogen and oxygen atoms in total. The van der Waals surface area contributed by atoms with Gasteiger partial charge in [0.05, 0.1) is 5.41 Å². The average molecular weight is 233 g/mol. The molecule has 2 rings (SSSR count). The molecule has 1 aromatic rings. The zero-order valence-electron chi connectivity index (χ0n) is 10.6. The molecule has 1 fully saturated rings. The van der Waals surface area contributed by atoms with Crippen molar-refractivity contribution in [3.8, 4) is 0 Å². The third-order valence-electron chi connectivity index (χ3n) is 3.99. The van der Waals surface area contributed by atoms with Gasteiger partial charge in [0.2, 0.25) is 0 Å². The van der Waals surface area contributed by atoms with E-state index in [1.807, 2.05) is 26.8 Å². The third kappa shape index (κ3) is 1.75. The zero-order valence-corrected chi connectivity index (χ0v) is 10.6. The van der Waals surface area contributed by atoms with Crippen LogP contribution in [0.3, 0.4) is 0 Å². The first-order chi connectivity index (χ1) is 7.86. The maximum atomic E-state index is 11.5. The zero-order chi connectivity index (χ0) is 12.8. The van der Waals surface area contributed by atoms with E-state index in [4.69, 9.17) is 5.73 Å². The Bertz CT molecular complexity index is 473. The van der Waals surface area contributed by atoms with Crippen LogP contribution in [0.2, 0.25) is 0 Å². The summed E-state index contributed by atoms with van der Waals surface area (Å²) < 4.78 is 0. The Morgan fingerprint density at radius 2 is 1.76 bits per heavy atom. The van der Waals surface area contributed by atoms with Gasteiger partial charge in [-0.05, 0) is 55.9 Å². The summed E-state index contributed by atoms with van der Waals surface area (Å²) in [5.74, 6) is -0.745. The fraction of sp³-hybridized carbons (Fsp3) is 0.500. The number of carboxylic acids is 1. The summed E-state index contributed by atoms with van der Waals surface area (Å²) in [6.45, 7) is 6.05. The number of carbonyl (C=O) groups is 1. The van der Waals surface area contributed by atoms with Crippen LogP contribution < -0.4 is 5.73 Å². The lowest BCUT2D eigenvalue weighted by molar-refractivity contribution is -0.148. The summed E-state index contributed by atoms with van der Waals surface area (Å²) in [6.07, 6.45) is 1.09. The lowest BCUT2D eigenvalue weighted by Crippen LogP contribution is -2.54. The van der Waals surface area contributed by atoms with Crippen molar-refractivity contribution in [1.29, 1.82) is 0 Å². The van der Waals surface area contributed by atoms with Gasteiger partial charge in [-0.3, -0.25) is 4.79 Å². The summed E-state index contributed by atoms with van der Waals surface area (Å²) in [5, 5.41) is 9.48. The Hall–Kier alpha value is -1.35. The van der Waals surface area contributed by atoms with Gasteiger partial charge in [-0.25, -0.2) is 0 Å². The molecule has 0 spiro atoms. The molecule has 1 aliphatic rings. The first kappa shape index (κ1) is 12.1. The van der Waals surface area contributed by atoms with Gasteiger partial charge in [0.15, 0.2) is 0 Å². The summed E-state index contributed by atoms with van der Waals surface area (Å²) >= 11 is 0. The number of hydrogen-bond acceptors (Lipinski definition) is 2. The van der Waals surface area contributed by atoms with Crippen molar-refractivity contribution < 1.29 is 9.90 Å². The molecular formula is C14H19NO2. The minimum absolute atomic E-state index is 0.0205. The maximum Gasteiger partial charge on any atom is 0.314 e. The summed E-state index contributed by atoms with van der Waals surface area (Å²) in [6, 6.07) is 4.11. The molecule has 1 aliphatic carbocycles. The highest BCUT2D eigenvalue weighted by atomic mass is 16.4. The third-order valence-corrected chi connectivity index (χ3v) is 3.99. The van der Waals surface area contributed by atoms with E-state index in [9.17, 15) is 9.90 Å². The van der Waals surface area contributed by atoms with Crippen LogP contribution in [-0.4, -0.2) is 17.1 Å². The van der Waals surface area contributed by atoms with E-state index in [1.54, 1.807) is 0 Å². The van der Waals surface area contributed by atoms with E-state index in [2.05, 4.69) is 6.07 Å². The van der Waals surface area contributed by atoms with Crippen LogP contribution in [0.4, 0.5) is 0 Å². The number of nitrogens with two attached hydrogens (primary N) is 1. The second kappa shape index (κ2) is 3.84. The van der Waals surface area contributed by atoms with Gasteiger partial charge >= 0.3 is 5.97 Å². The van der Waals surface area contributed by atoms with E-state index in [1.165, 1.54) is 5.56 Å². The maximum absolute atomic E-state index is 11.5. The quantitative estimate of drug-likeness (QED) is 0.821. The van der Waals surface area contributed by atoms with Gasteiger partial charge in [-0.1, -0.05) is 12.1 Å². The molecule has 0 heterocycles. The Morgan fingerprint density at radius 1 is 1.24 bits per heavy atom. The molecule has 17 heavy (non-hydrogen) atoms. The van der Waals surface area contributed by atoms with Crippen molar-refractivity contribution >= 4 is 5.97 Å². The van der Waals surface area contributed by atoms with E-state index < -0.39 is 11.4 Å². The molecule has 0 aliphatic heterocycles. The Kier molecular flexibility index (Phi) is 2.74. The molecule has 0 unspecified atom stereocenters. The molecule has 0 saturated heterocycles. The van der Waals surface area contributed by atoms with Crippen LogP contribution in [0, 0.1) is 20.8 Å². The lowest BCUT2D eigenvalue weighted by Gasteiger charge is -2.44. The van der Waals surface area contributed by atoms with Gasteiger partial charge in [0.1, 0.15) is 0 Å². The molecule has 92 valence electrons.